The molecule has 0 saturated carbocycles. The number of rotatable bonds is 1. The molecular weight excluding hydrogens is 385 g/mol. The topological polar surface area (TPSA) is 20.3 Å². The van der Waals surface area contributed by atoms with Gasteiger partial charge in [-0.25, -0.2) is 4.39 Å². The van der Waals surface area contributed by atoms with Crippen molar-refractivity contribution >= 4 is 43.8 Å². The maximum atomic E-state index is 14.3. The zero-order valence-electron chi connectivity index (χ0n) is 14.5. The average molecular weight is 402 g/mol. The van der Waals surface area contributed by atoms with Gasteiger partial charge < -0.3 is 0 Å². The van der Waals surface area contributed by atoms with Crippen molar-refractivity contribution in [2.24, 2.45) is 0 Å². The van der Waals surface area contributed by atoms with Gasteiger partial charge in [-0.1, -0.05) is 68.8 Å². The molecule has 1 amide bonds. The Morgan fingerprint density at radius 3 is 2.62 bits per heavy atom. The summed E-state index contributed by atoms with van der Waals surface area (Å²) in [5.74, 6) is -0.853. The summed E-state index contributed by atoms with van der Waals surface area (Å²) in [5.41, 5.74) is 3.58. The van der Waals surface area contributed by atoms with Crippen molar-refractivity contribution in [1.82, 2.24) is 0 Å². The van der Waals surface area contributed by atoms with Crippen LogP contribution in [0.1, 0.15) is 35.3 Å². The third kappa shape index (κ3) is 2.47. The molecule has 2 nitrogen and oxygen atoms in total. The number of aryl methyl sites for hydroxylation is 1. The van der Waals surface area contributed by atoms with Crippen molar-refractivity contribution in [3.63, 3.8) is 0 Å². The van der Waals surface area contributed by atoms with Gasteiger partial charge >= 0.3 is 0 Å². The number of carbonyl (C=O) groups is 1. The number of amides is 1. The van der Waals surface area contributed by atoms with Gasteiger partial charge in [0.2, 0.25) is 0 Å². The summed E-state index contributed by atoms with van der Waals surface area (Å²) in [6.07, 6.45) is 0. The van der Waals surface area contributed by atoms with E-state index in [0.717, 1.165) is 31.1 Å². The molecule has 0 fully saturated rings. The van der Waals surface area contributed by atoms with E-state index in [1.54, 1.807) is 17.0 Å². The minimum absolute atomic E-state index is 0.0759. The van der Waals surface area contributed by atoms with Crippen molar-refractivity contribution < 1.29 is 9.18 Å². The minimum atomic E-state index is -0.618. The van der Waals surface area contributed by atoms with Crippen LogP contribution in [0.15, 0.2) is 42.5 Å². The SMILES string of the molecule is Cc1ccc2c(c1)C(C)(C)N(C(=O)c1ccccc1F)c1ssc(=S)c1-2. The maximum absolute atomic E-state index is 14.3. The van der Waals surface area contributed by atoms with E-state index in [2.05, 4.69) is 18.2 Å². The van der Waals surface area contributed by atoms with Crippen LogP contribution in [0.4, 0.5) is 9.39 Å². The molecule has 1 aliphatic heterocycles. The predicted octanol–water partition coefficient (Wildman–Crippen LogP) is 6.55. The Morgan fingerprint density at radius 2 is 1.88 bits per heavy atom. The van der Waals surface area contributed by atoms with Crippen molar-refractivity contribution in [3.8, 4) is 11.1 Å². The Morgan fingerprint density at radius 1 is 1.15 bits per heavy atom. The van der Waals surface area contributed by atoms with E-state index in [0.29, 0.717) is 0 Å². The standard InChI is InChI=1S/C20H16FNOS3/c1-11-8-9-12-14(10-11)20(2,3)22(18-16(12)19(24)26-25-18)17(23)13-6-4-5-7-15(13)21/h4-10H,1-3H3. The van der Waals surface area contributed by atoms with Crippen LogP contribution in [0.25, 0.3) is 11.1 Å². The molecule has 0 unspecified atom stereocenters. The summed E-state index contributed by atoms with van der Waals surface area (Å²) in [4.78, 5) is 15.1. The number of halogens is 1. The molecule has 6 heteroatoms. The van der Waals surface area contributed by atoms with E-state index in [4.69, 9.17) is 12.2 Å². The first-order chi connectivity index (χ1) is 12.3. The molecule has 0 aliphatic carbocycles. The number of fused-ring (bicyclic) bond motifs is 3. The number of anilines is 1. The van der Waals surface area contributed by atoms with Crippen LogP contribution < -0.4 is 4.90 Å². The summed E-state index contributed by atoms with van der Waals surface area (Å²) in [5, 5.41) is 0.801. The van der Waals surface area contributed by atoms with Crippen molar-refractivity contribution in [1.29, 1.82) is 0 Å². The molecule has 3 aromatic rings. The Hall–Kier alpha value is -1.89. The van der Waals surface area contributed by atoms with Crippen LogP contribution in [-0.4, -0.2) is 5.91 Å². The second-order valence-corrected chi connectivity index (χ2v) is 9.66. The number of carbonyl (C=O) groups excluding carboxylic acids is 1. The van der Waals surface area contributed by atoms with E-state index in [1.165, 1.54) is 32.8 Å². The normalized spacial score (nSPS) is 14.7. The Bertz CT molecular complexity index is 1100. The van der Waals surface area contributed by atoms with Gasteiger partial charge in [-0.3, -0.25) is 9.69 Å². The number of hydrogen-bond donors (Lipinski definition) is 0. The highest BCUT2D eigenvalue weighted by Crippen LogP contribution is 2.53. The molecule has 1 aliphatic rings. The fourth-order valence-electron chi connectivity index (χ4n) is 3.48. The van der Waals surface area contributed by atoms with Crippen molar-refractivity contribution in [3.05, 3.63) is 68.8 Å². The third-order valence-electron chi connectivity index (χ3n) is 4.79. The van der Waals surface area contributed by atoms with Gasteiger partial charge in [0.1, 0.15) is 14.6 Å². The lowest BCUT2D eigenvalue weighted by molar-refractivity contribution is 0.0957. The number of hydrogen-bond acceptors (Lipinski definition) is 4. The van der Waals surface area contributed by atoms with Crippen LogP contribution in [0.3, 0.4) is 0 Å². The van der Waals surface area contributed by atoms with Gasteiger partial charge in [0, 0.05) is 5.56 Å². The summed E-state index contributed by atoms with van der Waals surface area (Å²) < 4.78 is 15.1. The van der Waals surface area contributed by atoms with Crippen molar-refractivity contribution in [2.75, 3.05) is 4.90 Å². The molecule has 0 saturated heterocycles. The third-order valence-corrected chi connectivity index (χ3v) is 7.76. The lowest BCUT2D eigenvalue weighted by Gasteiger charge is -2.43. The molecule has 1 aromatic heterocycles. The first kappa shape index (κ1) is 17.5. The Balaban J connectivity index is 2.00. The minimum Gasteiger partial charge on any atom is -0.288 e. The second-order valence-electron chi connectivity index (χ2n) is 6.86. The van der Waals surface area contributed by atoms with Crippen LogP contribution >= 0.6 is 32.9 Å². The van der Waals surface area contributed by atoms with Crippen molar-refractivity contribution in [2.45, 2.75) is 26.3 Å². The highest BCUT2D eigenvalue weighted by Gasteiger charge is 2.43. The van der Waals surface area contributed by atoms with Gasteiger partial charge in [0.15, 0.2) is 0 Å². The molecule has 2 aromatic carbocycles. The lowest BCUT2D eigenvalue weighted by atomic mass is 9.81. The molecule has 4 rings (SSSR count). The van der Waals surface area contributed by atoms with E-state index in [9.17, 15) is 9.18 Å². The zero-order valence-corrected chi connectivity index (χ0v) is 16.9. The summed E-state index contributed by atoms with van der Waals surface area (Å²) in [6, 6.07) is 12.4. The van der Waals surface area contributed by atoms with Gasteiger partial charge in [-0.05, 0) is 44.0 Å². The lowest BCUT2D eigenvalue weighted by Crippen LogP contribution is -2.48. The van der Waals surface area contributed by atoms with Gasteiger partial charge in [-0.15, -0.1) is 0 Å². The molecule has 0 spiro atoms. The molecule has 0 bridgehead atoms. The first-order valence-electron chi connectivity index (χ1n) is 8.16. The second kappa shape index (κ2) is 6.08. The fourth-order valence-corrected chi connectivity index (χ4v) is 6.44. The molecule has 132 valence electrons. The van der Waals surface area contributed by atoms with Gasteiger partial charge in [0.05, 0.1) is 11.1 Å². The molecule has 2 heterocycles. The summed E-state index contributed by atoms with van der Waals surface area (Å²) in [6.45, 7) is 6.03. The largest absolute Gasteiger partial charge is 0.288 e. The molecule has 0 N–H and O–H groups in total. The van der Waals surface area contributed by atoms with Crippen LogP contribution in [-0.2, 0) is 5.54 Å². The molecular formula is C20H16FNOS3. The molecule has 0 atom stereocenters. The van der Waals surface area contributed by atoms with E-state index < -0.39 is 11.4 Å². The fraction of sp³-hybridized carbons (Fsp3) is 0.200. The first-order valence-corrected chi connectivity index (χ1v) is 10.7. The quantitative estimate of drug-likeness (QED) is 0.340. The molecule has 0 radical (unpaired) electrons. The van der Waals surface area contributed by atoms with Crippen LogP contribution in [0, 0.1) is 16.6 Å². The zero-order chi connectivity index (χ0) is 18.6. The highest BCUT2D eigenvalue weighted by atomic mass is 32.9. The number of benzene rings is 2. The van der Waals surface area contributed by atoms with E-state index in [1.807, 2.05) is 20.8 Å². The van der Waals surface area contributed by atoms with E-state index >= 15 is 0 Å². The maximum Gasteiger partial charge on any atom is 0.262 e. The Labute approximate surface area is 163 Å². The van der Waals surface area contributed by atoms with Crippen LogP contribution in [0.2, 0.25) is 0 Å². The van der Waals surface area contributed by atoms with Gasteiger partial charge in [0.25, 0.3) is 5.91 Å². The highest BCUT2D eigenvalue weighted by molar-refractivity contribution is 7.80. The summed E-state index contributed by atoms with van der Waals surface area (Å²) in [7, 11) is 2.96. The smallest absolute Gasteiger partial charge is 0.262 e. The Kier molecular flexibility index (Phi) is 4.10. The average Bonchev–Trinajstić information content (AvgIpc) is 2.96. The van der Waals surface area contributed by atoms with Gasteiger partial charge in [-0.2, -0.15) is 0 Å². The summed E-state index contributed by atoms with van der Waals surface area (Å²) >= 11 is 5.56. The predicted molar refractivity (Wildman–Crippen MR) is 109 cm³/mol. The molecule has 26 heavy (non-hydrogen) atoms. The van der Waals surface area contributed by atoms with Crippen LogP contribution in [0.5, 0.6) is 0 Å². The monoisotopic (exact) mass is 401 g/mol. The number of nitrogens with zero attached hydrogens (tertiary/aromatic N) is 1. The van der Waals surface area contributed by atoms with E-state index in [-0.39, 0.29) is 11.5 Å².